The highest BCUT2D eigenvalue weighted by molar-refractivity contribution is 7.91. The number of ether oxygens (including phenoxy) is 1. The Morgan fingerprint density at radius 3 is 2.80 bits per heavy atom. The molecule has 1 atom stereocenters. The lowest BCUT2D eigenvalue weighted by atomic mass is 10.0. The average Bonchev–Trinajstić information content (AvgIpc) is 2.78. The molecule has 0 saturated carbocycles. The summed E-state index contributed by atoms with van der Waals surface area (Å²) >= 11 is 6.99. The van der Waals surface area contributed by atoms with E-state index in [1.807, 2.05) is 0 Å². The quantitative estimate of drug-likeness (QED) is 0.794. The minimum absolute atomic E-state index is 0.170. The van der Waals surface area contributed by atoms with Gasteiger partial charge in [0.1, 0.15) is 4.21 Å². The lowest BCUT2D eigenvalue weighted by molar-refractivity contribution is -0.146. The van der Waals surface area contributed by atoms with Crippen molar-refractivity contribution in [2.75, 3.05) is 20.2 Å². The number of piperidine rings is 1. The Labute approximate surface area is 127 Å². The number of esters is 1. The summed E-state index contributed by atoms with van der Waals surface area (Å²) in [5, 5.41) is 0. The van der Waals surface area contributed by atoms with Gasteiger partial charge in [-0.05, 0) is 31.4 Å². The van der Waals surface area contributed by atoms with Crippen LogP contribution in [0.25, 0.3) is 0 Å². The van der Waals surface area contributed by atoms with E-state index in [-0.39, 0.29) is 22.6 Å². The van der Waals surface area contributed by atoms with E-state index in [9.17, 15) is 13.2 Å². The molecule has 2 heterocycles. The maximum absolute atomic E-state index is 12.5. The second-order valence-electron chi connectivity index (χ2n) is 4.75. The fourth-order valence-corrected chi connectivity index (χ4v) is 5.59. The van der Waals surface area contributed by atoms with Crippen LogP contribution in [0.15, 0.2) is 10.3 Å². The zero-order valence-electron chi connectivity index (χ0n) is 11.3. The van der Waals surface area contributed by atoms with Crippen molar-refractivity contribution >= 4 is 38.9 Å². The molecule has 1 aliphatic rings. The highest BCUT2D eigenvalue weighted by Crippen LogP contribution is 2.33. The van der Waals surface area contributed by atoms with E-state index in [1.165, 1.54) is 11.4 Å². The third-order valence-corrected chi connectivity index (χ3v) is 7.22. The number of methoxy groups -OCH3 is 1. The van der Waals surface area contributed by atoms with Crippen LogP contribution in [0.5, 0.6) is 0 Å². The van der Waals surface area contributed by atoms with Gasteiger partial charge in [-0.1, -0.05) is 11.6 Å². The summed E-state index contributed by atoms with van der Waals surface area (Å²) in [4.78, 5) is 11.6. The summed E-state index contributed by atoms with van der Waals surface area (Å²) in [6.07, 6.45) is 1.31. The number of carbonyl (C=O) groups excluding carboxylic acids is 1. The van der Waals surface area contributed by atoms with Crippen LogP contribution in [-0.2, 0) is 19.6 Å². The molecule has 1 saturated heterocycles. The van der Waals surface area contributed by atoms with Gasteiger partial charge in [-0.3, -0.25) is 4.79 Å². The van der Waals surface area contributed by atoms with Crippen LogP contribution < -0.4 is 0 Å². The van der Waals surface area contributed by atoms with Gasteiger partial charge in [-0.2, -0.15) is 4.31 Å². The SMILES string of the molecule is COC(=O)[C@H]1CCCN(S(=O)(=O)c2cc(C)c(Cl)s2)C1. The van der Waals surface area contributed by atoms with Crippen LogP contribution in [0.1, 0.15) is 18.4 Å². The van der Waals surface area contributed by atoms with Crippen molar-refractivity contribution in [2.45, 2.75) is 24.0 Å². The molecule has 1 aromatic heterocycles. The van der Waals surface area contributed by atoms with E-state index >= 15 is 0 Å². The van der Waals surface area contributed by atoms with Gasteiger partial charge in [-0.25, -0.2) is 8.42 Å². The van der Waals surface area contributed by atoms with Crippen molar-refractivity contribution in [1.29, 1.82) is 0 Å². The highest BCUT2D eigenvalue weighted by Gasteiger charge is 2.34. The number of hydrogen-bond acceptors (Lipinski definition) is 5. The molecule has 0 unspecified atom stereocenters. The summed E-state index contributed by atoms with van der Waals surface area (Å²) in [5.74, 6) is -0.745. The van der Waals surface area contributed by atoms with E-state index < -0.39 is 10.0 Å². The first-order valence-electron chi connectivity index (χ1n) is 6.20. The number of hydrogen-bond donors (Lipinski definition) is 0. The molecule has 1 aliphatic heterocycles. The van der Waals surface area contributed by atoms with Gasteiger partial charge in [0.2, 0.25) is 0 Å². The first kappa shape index (κ1) is 15.8. The molecular formula is C12H16ClNO4S2. The topological polar surface area (TPSA) is 63.7 Å². The van der Waals surface area contributed by atoms with Crippen molar-refractivity contribution < 1.29 is 17.9 Å². The summed E-state index contributed by atoms with van der Waals surface area (Å²) in [6, 6.07) is 1.57. The van der Waals surface area contributed by atoms with Crippen LogP contribution in [0, 0.1) is 12.8 Å². The summed E-state index contributed by atoms with van der Waals surface area (Å²) in [7, 11) is -2.26. The van der Waals surface area contributed by atoms with Crippen molar-refractivity contribution in [3.63, 3.8) is 0 Å². The smallest absolute Gasteiger partial charge is 0.309 e. The molecule has 20 heavy (non-hydrogen) atoms. The number of thiophene rings is 1. The molecular weight excluding hydrogens is 322 g/mol. The Balaban J connectivity index is 2.23. The predicted octanol–water partition coefficient (Wildman–Crippen LogP) is 2.28. The molecule has 0 aromatic carbocycles. The van der Waals surface area contributed by atoms with Gasteiger partial charge >= 0.3 is 5.97 Å². The molecule has 0 bridgehead atoms. The van der Waals surface area contributed by atoms with Crippen LogP contribution in [0.3, 0.4) is 0 Å². The summed E-state index contributed by atoms with van der Waals surface area (Å²) < 4.78 is 31.8. The van der Waals surface area contributed by atoms with Gasteiger partial charge in [0, 0.05) is 13.1 Å². The lowest BCUT2D eigenvalue weighted by Gasteiger charge is -2.29. The number of carbonyl (C=O) groups is 1. The maximum Gasteiger partial charge on any atom is 0.309 e. The minimum Gasteiger partial charge on any atom is -0.469 e. The van der Waals surface area contributed by atoms with E-state index in [1.54, 1.807) is 13.0 Å². The van der Waals surface area contributed by atoms with Gasteiger partial charge in [0.25, 0.3) is 10.0 Å². The molecule has 5 nitrogen and oxygen atoms in total. The number of nitrogens with zero attached hydrogens (tertiary/aromatic N) is 1. The normalized spacial score (nSPS) is 20.9. The van der Waals surface area contributed by atoms with E-state index in [2.05, 4.69) is 0 Å². The standard InChI is InChI=1S/C12H16ClNO4S2/c1-8-6-10(19-11(8)13)20(16,17)14-5-3-4-9(7-14)12(15)18-2/h6,9H,3-5,7H2,1-2H3/t9-/m0/s1. The van der Waals surface area contributed by atoms with Gasteiger partial charge in [-0.15, -0.1) is 11.3 Å². The van der Waals surface area contributed by atoms with Crippen LogP contribution in [-0.4, -0.2) is 38.9 Å². The van der Waals surface area contributed by atoms with Crippen molar-refractivity contribution in [1.82, 2.24) is 4.31 Å². The Bertz CT molecular complexity index is 591. The second kappa shape index (κ2) is 6.01. The zero-order valence-corrected chi connectivity index (χ0v) is 13.6. The Morgan fingerprint density at radius 2 is 2.25 bits per heavy atom. The zero-order chi connectivity index (χ0) is 14.9. The van der Waals surface area contributed by atoms with E-state index in [4.69, 9.17) is 16.3 Å². The molecule has 0 radical (unpaired) electrons. The van der Waals surface area contributed by atoms with Gasteiger partial charge < -0.3 is 4.74 Å². The predicted molar refractivity (Wildman–Crippen MR) is 77.6 cm³/mol. The van der Waals surface area contributed by atoms with Crippen LogP contribution in [0.2, 0.25) is 4.34 Å². The number of aryl methyl sites for hydroxylation is 1. The van der Waals surface area contributed by atoms with Crippen molar-refractivity contribution in [3.05, 3.63) is 16.0 Å². The fraction of sp³-hybridized carbons (Fsp3) is 0.583. The third kappa shape index (κ3) is 3.00. The summed E-state index contributed by atoms with van der Waals surface area (Å²) in [5.41, 5.74) is 0.747. The molecule has 0 N–H and O–H groups in total. The molecule has 0 spiro atoms. The largest absolute Gasteiger partial charge is 0.469 e. The molecule has 112 valence electrons. The average molecular weight is 338 g/mol. The highest BCUT2D eigenvalue weighted by atomic mass is 35.5. The molecule has 8 heteroatoms. The Morgan fingerprint density at radius 1 is 1.55 bits per heavy atom. The third-order valence-electron chi connectivity index (χ3n) is 3.35. The Hall–Kier alpha value is -0.630. The first-order valence-corrected chi connectivity index (χ1v) is 8.83. The first-order chi connectivity index (χ1) is 9.36. The minimum atomic E-state index is -3.58. The van der Waals surface area contributed by atoms with Crippen LogP contribution >= 0.6 is 22.9 Å². The molecule has 0 amide bonds. The number of halogens is 1. The van der Waals surface area contributed by atoms with Gasteiger partial charge in [0.15, 0.2) is 0 Å². The lowest BCUT2D eigenvalue weighted by Crippen LogP contribution is -2.42. The molecule has 2 rings (SSSR count). The summed E-state index contributed by atoms with van der Waals surface area (Å²) in [6.45, 7) is 2.36. The monoisotopic (exact) mass is 337 g/mol. The molecule has 0 aliphatic carbocycles. The van der Waals surface area contributed by atoms with Gasteiger partial charge in [0.05, 0.1) is 17.4 Å². The number of sulfonamides is 1. The molecule has 1 aromatic rings. The number of rotatable bonds is 3. The van der Waals surface area contributed by atoms with E-state index in [0.717, 1.165) is 16.9 Å². The van der Waals surface area contributed by atoms with Crippen LogP contribution in [0.4, 0.5) is 0 Å². The van der Waals surface area contributed by atoms with E-state index in [0.29, 0.717) is 23.7 Å². The maximum atomic E-state index is 12.5. The van der Waals surface area contributed by atoms with Crippen molar-refractivity contribution in [2.24, 2.45) is 5.92 Å². The second-order valence-corrected chi connectivity index (χ2v) is 8.57. The molecule has 1 fully saturated rings. The fourth-order valence-electron chi connectivity index (χ4n) is 2.21. The van der Waals surface area contributed by atoms with Crippen molar-refractivity contribution in [3.8, 4) is 0 Å². The Kier molecular flexibility index (Phi) is 4.73.